The first kappa shape index (κ1) is 11.4. The van der Waals surface area contributed by atoms with Crippen molar-refractivity contribution in [1.82, 2.24) is 24.9 Å². The summed E-state index contributed by atoms with van der Waals surface area (Å²) in [7, 11) is 0. The van der Waals surface area contributed by atoms with E-state index < -0.39 is 0 Å². The smallest absolute Gasteiger partial charge is 0.226 e. The minimum absolute atomic E-state index is 0.0760. The molecule has 3 aromatic heterocycles. The zero-order chi connectivity index (χ0) is 13.5. The van der Waals surface area contributed by atoms with Crippen molar-refractivity contribution in [2.75, 3.05) is 31.2 Å². The summed E-state index contributed by atoms with van der Waals surface area (Å²) in [5.74, 6) is 0.554. The lowest BCUT2D eigenvalue weighted by molar-refractivity contribution is 0.122. The second kappa shape index (κ2) is 4.27. The van der Waals surface area contributed by atoms with Crippen LogP contribution in [0.1, 0.15) is 0 Å². The summed E-state index contributed by atoms with van der Waals surface area (Å²) in [4.78, 5) is 21.9. The van der Waals surface area contributed by atoms with Crippen LogP contribution >= 0.6 is 0 Å². The quantitative estimate of drug-likeness (QED) is 0.663. The maximum Gasteiger partial charge on any atom is 0.226 e. The third kappa shape index (κ3) is 1.65. The highest BCUT2D eigenvalue weighted by Gasteiger charge is 2.17. The van der Waals surface area contributed by atoms with Gasteiger partial charge in [0.05, 0.1) is 24.9 Å². The minimum atomic E-state index is -0.0760. The molecule has 0 amide bonds. The predicted octanol–water partition coefficient (Wildman–Crippen LogP) is 0.443. The second-order valence-corrected chi connectivity index (χ2v) is 4.58. The Morgan fingerprint density at radius 1 is 1.20 bits per heavy atom. The molecular formula is C12H12N6O2. The van der Waals surface area contributed by atoms with E-state index in [1.165, 1.54) is 6.33 Å². The number of morpholine rings is 1. The lowest BCUT2D eigenvalue weighted by Crippen LogP contribution is -2.37. The van der Waals surface area contributed by atoms with Gasteiger partial charge in [0.15, 0.2) is 0 Å². The molecule has 1 aliphatic heterocycles. The fourth-order valence-electron chi connectivity index (χ4n) is 2.39. The number of aromatic amines is 1. The summed E-state index contributed by atoms with van der Waals surface area (Å²) in [5, 5.41) is 10.4. The molecule has 0 spiro atoms. The fraction of sp³-hybridized carbons (Fsp3) is 0.333. The number of anilines is 1. The Hall–Kier alpha value is -2.48. The highest BCUT2D eigenvalue weighted by molar-refractivity contribution is 6.05. The summed E-state index contributed by atoms with van der Waals surface area (Å²) < 4.78 is 5.32. The molecule has 0 aromatic carbocycles. The number of nitrogens with one attached hydrogen (secondary N) is 1. The molecular weight excluding hydrogens is 260 g/mol. The van der Waals surface area contributed by atoms with E-state index in [9.17, 15) is 5.11 Å². The van der Waals surface area contributed by atoms with E-state index >= 15 is 0 Å². The molecule has 0 unspecified atom stereocenters. The molecule has 0 radical (unpaired) electrons. The highest BCUT2D eigenvalue weighted by Crippen LogP contribution is 2.28. The van der Waals surface area contributed by atoms with Gasteiger partial charge in [-0.3, -0.25) is 0 Å². The Morgan fingerprint density at radius 2 is 2.05 bits per heavy atom. The number of aromatic nitrogens is 5. The second-order valence-electron chi connectivity index (χ2n) is 4.58. The predicted molar refractivity (Wildman–Crippen MR) is 71.7 cm³/mol. The molecule has 0 atom stereocenters. The van der Waals surface area contributed by atoms with Gasteiger partial charge in [0, 0.05) is 13.1 Å². The normalized spacial score (nSPS) is 16.1. The van der Waals surface area contributed by atoms with Crippen molar-refractivity contribution < 1.29 is 9.84 Å². The Kier molecular flexibility index (Phi) is 2.43. The first-order valence-corrected chi connectivity index (χ1v) is 6.34. The molecule has 4 heterocycles. The number of nitrogens with zero attached hydrogens (tertiary/aromatic N) is 5. The summed E-state index contributed by atoms with van der Waals surface area (Å²) in [6, 6.07) is 0. The Labute approximate surface area is 113 Å². The van der Waals surface area contributed by atoms with E-state index in [2.05, 4.69) is 29.8 Å². The van der Waals surface area contributed by atoms with Crippen LogP contribution in [0, 0.1) is 0 Å². The first-order chi connectivity index (χ1) is 9.83. The number of aromatic hydroxyl groups is 1. The van der Waals surface area contributed by atoms with Crippen molar-refractivity contribution >= 4 is 28.0 Å². The Bertz CT molecular complexity index is 780. The van der Waals surface area contributed by atoms with Crippen molar-refractivity contribution in [2.45, 2.75) is 0 Å². The summed E-state index contributed by atoms with van der Waals surface area (Å²) in [6.45, 7) is 2.86. The van der Waals surface area contributed by atoms with Gasteiger partial charge in [-0.25, -0.2) is 19.9 Å². The van der Waals surface area contributed by atoms with Crippen molar-refractivity contribution in [1.29, 1.82) is 0 Å². The van der Waals surface area contributed by atoms with Gasteiger partial charge in [0.2, 0.25) is 11.8 Å². The standard InChI is InChI=1S/C12H12N6O2/c19-11-8-9-7(16-10(8)14-6-15-11)5-13-12(17-9)18-1-3-20-4-2-18/h5-6H,1-4H2,(H2,14,15,16,19). The van der Waals surface area contributed by atoms with Gasteiger partial charge in [-0.2, -0.15) is 0 Å². The maximum absolute atomic E-state index is 9.89. The van der Waals surface area contributed by atoms with Crippen LogP contribution in [-0.2, 0) is 4.74 Å². The van der Waals surface area contributed by atoms with Gasteiger partial charge < -0.3 is 19.7 Å². The van der Waals surface area contributed by atoms with Gasteiger partial charge in [-0.1, -0.05) is 0 Å². The molecule has 8 nitrogen and oxygen atoms in total. The molecule has 102 valence electrons. The van der Waals surface area contributed by atoms with Crippen LogP contribution in [-0.4, -0.2) is 56.3 Å². The van der Waals surface area contributed by atoms with Crippen LogP contribution in [0.25, 0.3) is 22.1 Å². The van der Waals surface area contributed by atoms with Crippen LogP contribution in [0.15, 0.2) is 12.5 Å². The van der Waals surface area contributed by atoms with E-state index in [1.807, 2.05) is 0 Å². The van der Waals surface area contributed by atoms with E-state index in [4.69, 9.17) is 4.74 Å². The third-order valence-corrected chi connectivity index (χ3v) is 3.39. The number of hydrogen-bond acceptors (Lipinski definition) is 7. The number of H-pyrrole nitrogens is 1. The average Bonchev–Trinajstić information content (AvgIpc) is 2.87. The van der Waals surface area contributed by atoms with Gasteiger partial charge in [0.25, 0.3) is 0 Å². The van der Waals surface area contributed by atoms with Crippen LogP contribution < -0.4 is 4.90 Å². The highest BCUT2D eigenvalue weighted by atomic mass is 16.5. The monoisotopic (exact) mass is 272 g/mol. The minimum Gasteiger partial charge on any atom is -0.493 e. The number of ether oxygens (including phenoxy) is 1. The van der Waals surface area contributed by atoms with Crippen LogP contribution in [0.5, 0.6) is 5.88 Å². The van der Waals surface area contributed by atoms with Gasteiger partial charge in [-0.05, 0) is 0 Å². The van der Waals surface area contributed by atoms with Crippen LogP contribution in [0.3, 0.4) is 0 Å². The van der Waals surface area contributed by atoms with Crippen LogP contribution in [0.2, 0.25) is 0 Å². The zero-order valence-corrected chi connectivity index (χ0v) is 10.6. The zero-order valence-electron chi connectivity index (χ0n) is 10.6. The molecule has 8 heteroatoms. The molecule has 0 saturated carbocycles. The van der Waals surface area contributed by atoms with Crippen molar-refractivity contribution in [3.8, 4) is 5.88 Å². The molecule has 0 bridgehead atoms. The van der Waals surface area contributed by atoms with E-state index in [0.717, 1.165) is 18.6 Å². The molecule has 2 N–H and O–H groups in total. The van der Waals surface area contributed by atoms with Gasteiger partial charge in [0.1, 0.15) is 22.9 Å². The summed E-state index contributed by atoms with van der Waals surface area (Å²) in [5.41, 5.74) is 1.92. The Morgan fingerprint density at radius 3 is 2.90 bits per heavy atom. The lowest BCUT2D eigenvalue weighted by Gasteiger charge is -2.26. The van der Waals surface area contributed by atoms with E-state index in [-0.39, 0.29) is 5.88 Å². The average molecular weight is 272 g/mol. The molecule has 1 aliphatic rings. The van der Waals surface area contributed by atoms with E-state index in [1.54, 1.807) is 6.20 Å². The number of fused-ring (bicyclic) bond motifs is 3. The lowest BCUT2D eigenvalue weighted by atomic mass is 10.3. The molecule has 3 aromatic rings. The maximum atomic E-state index is 9.89. The van der Waals surface area contributed by atoms with E-state index in [0.29, 0.717) is 35.7 Å². The van der Waals surface area contributed by atoms with Crippen molar-refractivity contribution in [3.63, 3.8) is 0 Å². The molecule has 0 aliphatic carbocycles. The first-order valence-electron chi connectivity index (χ1n) is 6.34. The topological polar surface area (TPSA) is 100 Å². The molecule has 1 fully saturated rings. The fourth-order valence-corrected chi connectivity index (χ4v) is 2.39. The van der Waals surface area contributed by atoms with Gasteiger partial charge in [-0.15, -0.1) is 0 Å². The van der Waals surface area contributed by atoms with Gasteiger partial charge >= 0.3 is 0 Å². The van der Waals surface area contributed by atoms with Crippen molar-refractivity contribution in [2.24, 2.45) is 0 Å². The summed E-state index contributed by atoms with van der Waals surface area (Å²) >= 11 is 0. The van der Waals surface area contributed by atoms with Crippen LogP contribution in [0.4, 0.5) is 5.95 Å². The molecule has 20 heavy (non-hydrogen) atoms. The Balaban J connectivity index is 1.91. The molecule has 1 saturated heterocycles. The molecule has 4 rings (SSSR count). The van der Waals surface area contributed by atoms with Crippen molar-refractivity contribution in [3.05, 3.63) is 12.5 Å². The number of hydrogen-bond donors (Lipinski definition) is 2. The largest absolute Gasteiger partial charge is 0.493 e. The third-order valence-electron chi connectivity index (χ3n) is 3.39. The SMILES string of the molecule is Oc1ncnc2[nH]c3cnc(N4CCOCC4)nc3c12. The number of rotatable bonds is 1. The summed E-state index contributed by atoms with van der Waals surface area (Å²) in [6.07, 6.45) is 3.01.